The van der Waals surface area contributed by atoms with E-state index < -0.39 is 0 Å². The lowest BCUT2D eigenvalue weighted by atomic mass is 9.97. The van der Waals surface area contributed by atoms with Crippen molar-refractivity contribution >= 4 is 5.91 Å². The lowest BCUT2D eigenvalue weighted by molar-refractivity contribution is 0.0899. The normalized spacial score (nSPS) is 31.2. The highest BCUT2D eigenvalue weighted by molar-refractivity contribution is 5.90. The van der Waals surface area contributed by atoms with E-state index in [9.17, 15) is 4.79 Å². The maximum absolute atomic E-state index is 11.9. The SMILES string of the molecule is O=C(N[C@@H]1C[C@@H]2CCN(C2)C1)c1ncccn1. The van der Waals surface area contributed by atoms with Crippen molar-refractivity contribution < 1.29 is 4.79 Å². The molecule has 0 aromatic carbocycles. The van der Waals surface area contributed by atoms with Crippen LogP contribution in [-0.2, 0) is 0 Å². The molecular formula is C12H16N4O. The van der Waals surface area contributed by atoms with Crippen molar-refractivity contribution in [2.24, 2.45) is 5.92 Å². The number of rotatable bonds is 2. The van der Waals surface area contributed by atoms with Crippen molar-refractivity contribution in [1.29, 1.82) is 0 Å². The van der Waals surface area contributed by atoms with E-state index in [1.54, 1.807) is 18.5 Å². The van der Waals surface area contributed by atoms with Crippen LogP contribution in [0.4, 0.5) is 0 Å². The molecule has 0 spiro atoms. The molecule has 17 heavy (non-hydrogen) atoms. The molecule has 3 rings (SSSR count). The van der Waals surface area contributed by atoms with Gasteiger partial charge in [0, 0.05) is 31.5 Å². The molecule has 1 unspecified atom stereocenters. The molecule has 1 N–H and O–H groups in total. The van der Waals surface area contributed by atoms with Crippen LogP contribution in [0.25, 0.3) is 0 Å². The summed E-state index contributed by atoms with van der Waals surface area (Å²) in [4.78, 5) is 22.2. The highest BCUT2D eigenvalue weighted by Crippen LogP contribution is 2.26. The number of hydrogen-bond acceptors (Lipinski definition) is 4. The van der Waals surface area contributed by atoms with Gasteiger partial charge in [0.15, 0.2) is 0 Å². The highest BCUT2D eigenvalue weighted by atomic mass is 16.2. The molecule has 3 heterocycles. The van der Waals surface area contributed by atoms with Gasteiger partial charge in [-0.1, -0.05) is 0 Å². The van der Waals surface area contributed by atoms with Gasteiger partial charge in [-0.2, -0.15) is 0 Å². The van der Waals surface area contributed by atoms with Crippen molar-refractivity contribution in [2.45, 2.75) is 18.9 Å². The van der Waals surface area contributed by atoms with Crippen molar-refractivity contribution in [3.8, 4) is 0 Å². The first-order valence-corrected chi connectivity index (χ1v) is 6.11. The zero-order valence-electron chi connectivity index (χ0n) is 9.67. The molecule has 1 aromatic rings. The second-order valence-corrected chi connectivity index (χ2v) is 4.89. The summed E-state index contributed by atoms with van der Waals surface area (Å²) in [6.07, 6.45) is 5.55. The fourth-order valence-electron chi connectivity index (χ4n) is 2.83. The molecule has 2 aliphatic rings. The highest BCUT2D eigenvalue weighted by Gasteiger charge is 2.33. The third-order valence-corrected chi connectivity index (χ3v) is 3.57. The average Bonchev–Trinajstić information content (AvgIpc) is 2.70. The molecule has 1 aromatic heterocycles. The number of aromatic nitrogens is 2. The Balaban J connectivity index is 1.62. The fourth-order valence-corrected chi connectivity index (χ4v) is 2.83. The third-order valence-electron chi connectivity index (χ3n) is 3.57. The second-order valence-electron chi connectivity index (χ2n) is 4.89. The molecule has 3 atom stereocenters. The largest absolute Gasteiger partial charge is 0.345 e. The summed E-state index contributed by atoms with van der Waals surface area (Å²) in [5.74, 6) is 0.865. The van der Waals surface area contributed by atoms with E-state index >= 15 is 0 Å². The van der Waals surface area contributed by atoms with Crippen molar-refractivity contribution in [3.05, 3.63) is 24.3 Å². The van der Waals surface area contributed by atoms with Crippen LogP contribution < -0.4 is 5.32 Å². The van der Waals surface area contributed by atoms with Gasteiger partial charge in [-0.05, 0) is 31.4 Å². The van der Waals surface area contributed by atoms with Gasteiger partial charge in [0.2, 0.25) is 5.82 Å². The van der Waals surface area contributed by atoms with E-state index in [-0.39, 0.29) is 17.8 Å². The summed E-state index contributed by atoms with van der Waals surface area (Å²) in [6, 6.07) is 1.97. The van der Waals surface area contributed by atoms with Gasteiger partial charge in [-0.3, -0.25) is 4.79 Å². The molecule has 5 nitrogen and oxygen atoms in total. The number of nitrogens with one attached hydrogen (secondary N) is 1. The van der Waals surface area contributed by atoms with Gasteiger partial charge in [-0.15, -0.1) is 0 Å². The predicted molar refractivity (Wildman–Crippen MR) is 62.5 cm³/mol. The van der Waals surface area contributed by atoms with Gasteiger partial charge < -0.3 is 10.2 Å². The van der Waals surface area contributed by atoms with Gasteiger partial charge in [0.1, 0.15) is 0 Å². The number of carbonyl (C=O) groups is 1. The minimum absolute atomic E-state index is 0.155. The summed E-state index contributed by atoms with van der Waals surface area (Å²) in [6.45, 7) is 3.35. The lowest BCUT2D eigenvalue weighted by Gasteiger charge is -2.30. The quantitative estimate of drug-likeness (QED) is 0.797. The van der Waals surface area contributed by atoms with Crippen LogP contribution in [-0.4, -0.2) is 46.5 Å². The molecule has 2 saturated heterocycles. The molecule has 0 aliphatic carbocycles. The Morgan fingerprint density at radius 3 is 2.94 bits per heavy atom. The van der Waals surface area contributed by atoms with E-state index in [1.165, 1.54) is 19.5 Å². The van der Waals surface area contributed by atoms with E-state index in [1.807, 2.05) is 0 Å². The van der Waals surface area contributed by atoms with Crippen LogP contribution in [0.15, 0.2) is 18.5 Å². The lowest BCUT2D eigenvalue weighted by Crippen LogP contribution is -2.47. The average molecular weight is 232 g/mol. The summed E-state index contributed by atoms with van der Waals surface area (Å²) in [7, 11) is 0. The van der Waals surface area contributed by atoms with E-state index in [4.69, 9.17) is 0 Å². The number of carbonyl (C=O) groups excluding carboxylic acids is 1. The molecule has 2 bridgehead atoms. The fraction of sp³-hybridized carbons (Fsp3) is 0.583. The summed E-state index contributed by atoms with van der Waals surface area (Å²) < 4.78 is 0. The van der Waals surface area contributed by atoms with Crippen molar-refractivity contribution in [2.75, 3.05) is 19.6 Å². The van der Waals surface area contributed by atoms with Crippen LogP contribution in [0.5, 0.6) is 0 Å². The third kappa shape index (κ3) is 2.29. The van der Waals surface area contributed by atoms with Crippen molar-refractivity contribution in [3.63, 3.8) is 0 Å². The van der Waals surface area contributed by atoms with E-state index in [0.717, 1.165) is 18.9 Å². The minimum Gasteiger partial charge on any atom is -0.345 e. The first kappa shape index (κ1) is 10.7. The first-order chi connectivity index (χ1) is 8.31. The number of hydrogen-bond donors (Lipinski definition) is 1. The van der Waals surface area contributed by atoms with Crippen molar-refractivity contribution in [1.82, 2.24) is 20.2 Å². The Morgan fingerprint density at radius 1 is 1.35 bits per heavy atom. The summed E-state index contributed by atoms with van der Waals surface area (Å²) >= 11 is 0. The van der Waals surface area contributed by atoms with Crippen LogP contribution in [0, 0.1) is 5.92 Å². The van der Waals surface area contributed by atoms with Gasteiger partial charge in [-0.25, -0.2) is 9.97 Å². The number of piperidine rings is 1. The Kier molecular flexibility index (Phi) is 2.76. The molecule has 0 radical (unpaired) electrons. The monoisotopic (exact) mass is 232 g/mol. The van der Waals surface area contributed by atoms with Crippen LogP contribution in [0.2, 0.25) is 0 Å². The first-order valence-electron chi connectivity index (χ1n) is 6.11. The van der Waals surface area contributed by atoms with Crippen LogP contribution >= 0.6 is 0 Å². The zero-order chi connectivity index (χ0) is 11.7. The van der Waals surface area contributed by atoms with Gasteiger partial charge in [0.25, 0.3) is 5.91 Å². The Bertz CT molecular complexity index is 396. The number of amides is 1. The maximum atomic E-state index is 11.9. The predicted octanol–water partition coefficient (Wildman–Crippen LogP) is 0.301. The number of nitrogens with zero attached hydrogens (tertiary/aromatic N) is 3. The summed E-state index contributed by atoms with van der Waals surface area (Å²) in [5, 5.41) is 3.03. The van der Waals surface area contributed by atoms with Crippen LogP contribution in [0.1, 0.15) is 23.5 Å². The maximum Gasteiger partial charge on any atom is 0.289 e. The zero-order valence-corrected chi connectivity index (χ0v) is 9.67. The van der Waals surface area contributed by atoms with Gasteiger partial charge in [0.05, 0.1) is 0 Å². The van der Waals surface area contributed by atoms with Crippen LogP contribution in [0.3, 0.4) is 0 Å². The summed E-state index contributed by atoms with van der Waals surface area (Å²) in [5.41, 5.74) is 0. The molecule has 0 saturated carbocycles. The Morgan fingerprint density at radius 2 is 2.18 bits per heavy atom. The number of fused-ring (bicyclic) bond motifs is 2. The molecular weight excluding hydrogens is 216 g/mol. The molecule has 1 amide bonds. The molecule has 90 valence electrons. The molecule has 2 fully saturated rings. The standard InChI is InChI=1S/C12H16N4O/c17-12(11-13-3-1-4-14-11)15-10-6-9-2-5-16(7-9)8-10/h1,3-4,9-10H,2,5-8H2,(H,15,17)/t9-,10+/m0/s1. The topological polar surface area (TPSA) is 58.1 Å². The Labute approximate surface area is 100 Å². The second kappa shape index (κ2) is 4.41. The smallest absolute Gasteiger partial charge is 0.289 e. The Hall–Kier alpha value is -1.49. The minimum atomic E-state index is -0.155. The van der Waals surface area contributed by atoms with Gasteiger partial charge >= 0.3 is 0 Å². The van der Waals surface area contributed by atoms with E-state index in [0.29, 0.717) is 0 Å². The van der Waals surface area contributed by atoms with E-state index in [2.05, 4.69) is 20.2 Å². The molecule has 2 aliphatic heterocycles. The molecule has 5 heteroatoms.